The zero-order valence-electron chi connectivity index (χ0n) is 14.7. The molecular weight excluding hydrogens is 342 g/mol. The number of benzene rings is 2. The number of ether oxygens (including phenoxy) is 1. The van der Waals surface area contributed by atoms with Crippen LogP contribution in [0, 0.1) is 0 Å². The minimum absolute atomic E-state index is 0.123. The van der Waals surface area contributed by atoms with Crippen molar-refractivity contribution in [1.82, 2.24) is 9.97 Å². The summed E-state index contributed by atoms with van der Waals surface area (Å²) in [6, 6.07) is 13.2. The van der Waals surface area contributed by atoms with Crippen molar-refractivity contribution in [2.24, 2.45) is 0 Å². The lowest BCUT2D eigenvalue weighted by Crippen LogP contribution is -2.05. The molecule has 1 amide bonds. The molecule has 2 aromatic carbocycles. The van der Waals surface area contributed by atoms with Crippen molar-refractivity contribution < 1.29 is 14.3 Å². The lowest BCUT2D eigenvalue weighted by Gasteiger charge is -2.07. The molecule has 0 aliphatic carbocycles. The van der Waals surface area contributed by atoms with Crippen molar-refractivity contribution in [3.8, 4) is 11.3 Å². The van der Waals surface area contributed by atoms with Crippen LogP contribution < -0.4 is 5.32 Å². The summed E-state index contributed by atoms with van der Waals surface area (Å²) in [7, 11) is 0. The average Bonchev–Trinajstić information content (AvgIpc) is 3.02. The van der Waals surface area contributed by atoms with Crippen LogP contribution in [0.4, 0.5) is 5.69 Å². The second-order valence-corrected chi connectivity index (χ2v) is 6.40. The van der Waals surface area contributed by atoms with Crippen molar-refractivity contribution in [2.75, 3.05) is 5.32 Å². The number of nitrogens with one attached hydrogen (secondary N) is 1. The fourth-order valence-corrected chi connectivity index (χ4v) is 3.07. The normalized spacial score (nSPS) is 12.4. The van der Waals surface area contributed by atoms with Crippen LogP contribution in [0.25, 0.3) is 11.3 Å². The second-order valence-electron chi connectivity index (χ2n) is 6.40. The van der Waals surface area contributed by atoms with E-state index in [-0.39, 0.29) is 11.9 Å². The van der Waals surface area contributed by atoms with Gasteiger partial charge in [-0.25, -0.2) is 9.78 Å². The van der Waals surface area contributed by atoms with Gasteiger partial charge in [-0.2, -0.15) is 0 Å². The Morgan fingerprint density at radius 2 is 2.07 bits per heavy atom. The van der Waals surface area contributed by atoms with Crippen molar-refractivity contribution in [3.05, 3.63) is 77.2 Å². The topological polar surface area (TPSA) is 81.2 Å². The molecule has 1 aliphatic heterocycles. The van der Waals surface area contributed by atoms with Gasteiger partial charge in [0.1, 0.15) is 6.61 Å². The van der Waals surface area contributed by atoms with Crippen LogP contribution in [-0.4, -0.2) is 21.8 Å². The smallest absolute Gasteiger partial charge is 0.338 e. The molecule has 0 fully saturated rings. The number of carbonyl (C=O) groups is 2. The van der Waals surface area contributed by atoms with Gasteiger partial charge in [0.15, 0.2) is 0 Å². The van der Waals surface area contributed by atoms with Gasteiger partial charge in [0.05, 0.1) is 23.1 Å². The number of fused-ring (bicyclic) bond motifs is 1. The van der Waals surface area contributed by atoms with E-state index in [2.05, 4.69) is 15.3 Å². The Morgan fingerprint density at radius 1 is 1.19 bits per heavy atom. The number of aromatic nitrogens is 2. The minimum atomic E-state index is -0.276. The standard InChI is InChI=1S/C21H17N3O3/c1-13(25)23-17-4-2-3-15(9-17)20-11-22-10-18(24-20)7-14-5-6-16-12-27-21(26)19(16)8-14/h2-6,8-11H,7,12H2,1H3,(H,23,25). The third kappa shape index (κ3) is 3.69. The van der Waals surface area contributed by atoms with Gasteiger partial charge >= 0.3 is 5.97 Å². The molecule has 1 N–H and O–H groups in total. The highest BCUT2D eigenvalue weighted by molar-refractivity contribution is 5.93. The predicted molar refractivity (Wildman–Crippen MR) is 100 cm³/mol. The zero-order chi connectivity index (χ0) is 18.8. The van der Waals surface area contributed by atoms with E-state index >= 15 is 0 Å². The molecule has 0 spiro atoms. The molecule has 0 radical (unpaired) electrons. The number of hydrogen-bond donors (Lipinski definition) is 1. The van der Waals surface area contributed by atoms with Crippen molar-refractivity contribution in [2.45, 2.75) is 20.0 Å². The summed E-state index contributed by atoms with van der Waals surface area (Å²) in [4.78, 5) is 32.0. The molecule has 134 valence electrons. The maximum absolute atomic E-state index is 11.7. The highest BCUT2D eigenvalue weighted by Gasteiger charge is 2.21. The van der Waals surface area contributed by atoms with Gasteiger partial charge in [-0.05, 0) is 23.8 Å². The van der Waals surface area contributed by atoms with Gasteiger partial charge in [-0.15, -0.1) is 0 Å². The highest BCUT2D eigenvalue weighted by Crippen LogP contribution is 2.24. The maximum atomic E-state index is 11.7. The summed E-state index contributed by atoms with van der Waals surface area (Å²) in [5, 5.41) is 2.77. The minimum Gasteiger partial charge on any atom is -0.457 e. The Hall–Kier alpha value is -3.54. The summed E-state index contributed by atoms with van der Waals surface area (Å²) in [5.74, 6) is -0.399. The Bertz CT molecular complexity index is 1050. The summed E-state index contributed by atoms with van der Waals surface area (Å²) in [6.45, 7) is 1.81. The molecule has 1 aliphatic rings. The van der Waals surface area contributed by atoms with E-state index in [0.29, 0.717) is 24.3 Å². The lowest BCUT2D eigenvalue weighted by molar-refractivity contribution is -0.114. The lowest BCUT2D eigenvalue weighted by atomic mass is 10.0. The van der Waals surface area contributed by atoms with Gasteiger partial charge in [0.25, 0.3) is 0 Å². The number of nitrogens with zero attached hydrogens (tertiary/aromatic N) is 2. The van der Waals surface area contributed by atoms with Crippen molar-refractivity contribution >= 4 is 17.6 Å². The first kappa shape index (κ1) is 16.9. The van der Waals surface area contributed by atoms with Crippen LogP contribution in [0.15, 0.2) is 54.9 Å². The largest absolute Gasteiger partial charge is 0.457 e. The molecule has 0 unspecified atom stereocenters. The quantitative estimate of drug-likeness (QED) is 0.723. The van der Waals surface area contributed by atoms with E-state index in [1.807, 2.05) is 42.5 Å². The number of anilines is 1. The Kier molecular flexibility index (Phi) is 4.38. The third-order valence-electron chi connectivity index (χ3n) is 4.30. The first-order chi connectivity index (χ1) is 13.1. The fourth-order valence-electron chi connectivity index (χ4n) is 3.07. The Labute approximate surface area is 156 Å². The van der Waals surface area contributed by atoms with E-state index in [1.54, 1.807) is 12.4 Å². The van der Waals surface area contributed by atoms with Crippen molar-refractivity contribution in [3.63, 3.8) is 0 Å². The summed E-state index contributed by atoms with van der Waals surface area (Å²) < 4.78 is 5.05. The van der Waals surface area contributed by atoms with E-state index < -0.39 is 0 Å². The number of cyclic esters (lactones) is 1. The SMILES string of the molecule is CC(=O)Nc1cccc(-c2cncc(Cc3ccc4c(c3)C(=O)OC4)n2)c1. The van der Waals surface area contributed by atoms with E-state index in [4.69, 9.17) is 4.74 Å². The average molecular weight is 359 g/mol. The first-order valence-electron chi connectivity index (χ1n) is 8.56. The predicted octanol–water partition coefficient (Wildman–Crippen LogP) is 3.36. The molecule has 6 heteroatoms. The second kappa shape index (κ2) is 6.99. The Balaban J connectivity index is 1.59. The van der Waals surface area contributed by atoms with Crippen LogP contribution >= 0.6 is 0 Å². The van der Waals surface area contributed by atoms with Crippen LogP contribution in [0.2, 0.25) is 0 Å². The molecular formula is C21H17N3O3. The summed E-state index contributed by atoms with van der Waals surface area (Å²) >= 11 is 0. The zero-order valence-corrected chi connectivity index (χ0v) is 14.7. The monoisotopic (exact) mass is 359 g/mol. The summed E-state index contributed by atoms with van der Waals surface area (Å²) in [6.07, 6.45) is 3.97. The molecule has 0 saturated heterocycles. The number of amides is 1. The fraction of sp³-hybridized carbons (Fsp3) is 0.143. The van der Waals surface area contributed by atoms with E-state index in [1.165, 1.54) is 6.92 Å². The Morgan fingerprint density at radius 3 is 2.93 bits per heavy atom. The number of carbonyl (C=O) groups excluding carboxylic acids is 2. The molecule has 3 aromatic rings. The van der Waals surface area contributed by atoms with E-state index in [9.17, 15) is 9.59 Å². The number of rotatable bonds is 4. The van der Waals surface area contributed by atoms with Crippen LogP contribution in [0.3, 0.4) is 0 Å². The summed E-state index contributed by atoms with van der Waals surface area (Å²) in [5.41, 5.74) is 5.62. The molecule has 0 saturated carbocycles. The van der Waals surface area contributed by atoms with Gasteiger partial charge in [0.2, 0.25) is 5.91 Å². The van der Waals surface area contributed by atoms with Gasteiger partial charge in [-0.1, -0.05) is 24.3 Å². The van der Waals surface area contributed by atoms with Gasteiger partial charge in [0, 0.05) is 36.4 Å². The van der Waals surface area contributed by atoms with Crippen LogP contribution in [-0.2, 0) is 22.6 Å². The molecule has 6 nitrogen and oxygen atoms in total. The molecule has 0 atom stereocenters. The van der Waals surface area contributed by atoms with Gasteiger partial charge < -0.3 is 10.1 Å². The third-order valence-corrected chi connectivity index (χ3v) is 4.30. The van der Waals surface area contributed by atoms with Crippen LogP contribution in [0.5, 0.6) is 0 Å². The number of hydrogen-bond acceptors (Lipinski definition) is 5. The van der Waals surface area contributed by atoms with Crippen LogP contribution in [0.1, 0.15) is 34.1 Å². The molecule has 27 heavy (non-hydrogen) atoms. The molecule has 4 rings (SSSR count). The molecule has 0 bridgehead atoms. The number of esters is 1. The highest BCUT2D eigenvalue weighted by atomic mass is 16.5. The maximum Gasteiger partial charge on any atom is 0.338 e. The van der Waals surface area contributed by atoms with Gasteiger partial charge in [-0.3, -0.25) is 9.78 Å². The van der Waals surface area contributed by atoms with Crippen molar-refractivity contribution in [1.29, 1.82) is 0 Å². The first-order valence-corrected chi connectivity index (χ1v) is 8.56. The molecule has 2 heterocycles. The molecule has 1 aromatic heterocycles. The van der Waals surface area contributed by atoms with E-state index in [0.717, 1.165) is 28.1 Å².